The molecule has 0 amide bonds. The van der Waals surface area contributed by atoms with Crippen LogP contribution in [-0.2, 0) is 6.54 Å². The normalized spacial score (nSPS) is 18.1. The third kappa shape index (κ3) is 4.35. The van der Waals surface area contributed by atoms with Gasteiger partial charge in [-0.05, 0) is 19.3 Å². The molecule has 2 N–H and O–H groups in total. The molecule has 0 aliphatic heterocycles. The van der Waals surface area contributed by atoms with Gasteiger partial charge in [-0.3, -0.25) is 9.97 Å². The number of aliphatic hydroxyl groups excluding tert-OH is 1. The highest BCUT2D eigenvalue weighted by Crippen LogP contribution is 2.28. The van der Waals surface area contributed by atoms with Gasteiger partial charge in [0.05, 0.1) is 17.5 Å². The fourth-order valence-corrected chi connectivity index (χ4v) is 2.59. The zero-order valence-electron chi connectivity index (χ0n) is 11.1. The molecule has 1 heterocycles. The van der Waals surface area contributed by atoms with Crippen LogP contribution in [0.1, 0.15) is 43.5 Å². The van der Waals surface area contributed by atoms with E-state index >= 15 is 0 Å². The van der Waals surface area contributed by atoms with Crippen molar-refractivity contribution in [1.29, 1.82) is 0 Å². The van der Waals surface area contributed by atoms with Gasteiger partial charge in [-0.1, -0.05) is 25.7 Å². The molecular formula is C14H23N3O. The monoisotopic (exact) mass is 249 g/mol. The lowest BCUT2D eigenvalue weighted by atomic mass is 10.0. The average Bonchev–Trinajstić information content (AvgIpc) is 2.84. The maximum atomic E-state index is 9.93. The Morgan fingerprint density at radius 2 is 2.11 bits per heavy atom. The molecule has 1 aromatic rings. The Morgan fingerprint density at radius 3 is 2.78 bits per heavy atom. The summed E-state index contributed by atoms with van der Waals surface area (Å²) in [6, 6.07) is 0. The molecule has 1 saturated carbocycles. The number of aliphatic hydroxyl groups is 1. The second-order valence-corrected chi connectivity index (χ2v) is 5.32. The van der Waals surface area contributed by atoms with Crippen LogP contribution in [-0.4, -0.2) is 27.7 Å². The molecule has 0 spiro atoms. The van der Waals surface area contributed by atoms with Crippen LogP contribution < -0.4 is 5.32 Å². The van der Waals surface area contributed by atoms with Crippen LogP contribution in [0.4, 0.5) is 0 Å². The smallest absolute Gasteiger partial charge is 0.0724 e. The van der Waals surface area contributed by atoms with E-state index in [2.05, 4.69) is 15.3 Å². The highest BCUT2D eigenvalue weighted by molar-refractivity contribution is 5.00. The molecular weight excluding hydrogens is 226 g/mol. The molecule has 2 rings (SSSR count). The van der Waals surface area contributed by atoms with Crippen molar-refractivity contribution in [3.8, 4) is 0 Å². The van der Waals surface area contributed by atoms with Gasteiger partial charge in [0.15, 0.2) is 0 Å². The Labute approximate surface area is 109 Å². The Hall–Kier alpha value is -1.00. The Balaban J connectivity index is 1.63. The molecule has 0 radical (unpaired) electrons. The molecule has 1 unspecified atom stereocenters. The van der Waals surface area contributed by atoms with E-state index in [4.69, 9.17) is 0 Å². The topological polar surface area (TPSA) is 58.0 Å². The zero-order valence-corrected chi connectivity index (χ0v) is 11.1. The van der Waals surface area contributed by atoms with Gasteiger partial charge in [0.1, 0.15) is 0 Å². The van der Waals surface area contributed by atoms with Gasteiger partial charge in [0.25, 0.3) is 0 Å². The van der Waals surface area contributed by atoms with E-state index in [1.54, 1.807) is 12.4 Å². The van der Waals surface area contributed by atoms with Crippen molar-refractivity contribution < 1.29 is 5.11 Å². The zero-order chi connectivity index (χ0) is 12.8. The van der Waals surface area contributed by atoms with E-state index in [-0.39, 0.29) is 6.10 Å². The molecule has 4 heteroatoms. The van der Waals surface area contributed by atoms with Crippen LogP contribution in [0.15, 0.2) is 12.4 Å². The molecule has 4 nitrogen and oxygen atoms in total. The van der Waals surface area contributed by atoms with Crippen molar-refractivity contribution in [1.82, 2.24) is 15.3 Å². The van der Waals surface area contributed by atoms with Crippen LogP contribution in [0.2, 0.25) is 0 Å². The van der Waals surface area contributed by atoms with Crippen LogP contribution in [0.25, 0.3) is 0 Å². The van der Waals surface area contributed by atoms with Crippen molar-refractivity contribution >= 4 is 0 Å². The Morgan fingerprint density at radius 1 is 1.33 bits per heavy atom. The van der Waals surface area contributed by atoms with Crippen molar-refractivity contribution in [2.45, 2.75) is 51.7 Å². The minimum absolute atomic E-state index is 0.230. The van der Waals surface area contributed by atoms with Crippen molar-refractivity contribution in [2.75, 3.05) is 6.54 Å². The summed E-state index contributed by atoms with van der Waals surface area (Å²) in [5, 5.41) is 13.2. The van der Waals surface area contributed by atoms with Gasteiger partial charge in [0.2, 0.25) is 0 Å². The number of nitrogens with zero attached hydrogens (tertiary/aromatic N) is 2. The van der Waals surface area contributed by atoms with Gasteiger partial charge < -0.3 is 10.4 Å². The summed E-state index contributed by atoms with van der Waals surface area (Å²) >= 11 is 0. The second-order valence-electron chi connectivity index (χ2n) is 5.32. The lowest BCUT2D eigenvalue weighted by molar-refractivity contribution is 0.140. The predicted molar refractivity (Wildman–Crippen MR) is 71.1 cm³/mol. The third-order valence-electron chi connectivity index (χ3n) is 3.60. The number of hydrogen-bond acceptors (Lipinski definition) is 4. The first-order chi connectivity index (χ1) is 8.74. The third-order valence-corrected chi connectivity index (χ3v) is 3.60. The number of rotatable bonds is 6. The second kappa shape index (κ2) is 6.81. The lowest BCUT2D eigenvalue weighted by Crippen LogP contribution is -2.28. The van der Waals surface area contributed by atoms with Crippen LogP contribution >= 0.6 is 0 Å². The van der Waals surface area contributed by atoms with E-state index in [0.717, 1.165) is 23.7 Å². The van der Waals surface area contributed by atoms with E-state index in [0.29, 0.717) is 13.1 Å². The predicted octanol–water partition coefficient (Wildman–Crippen LogP) is 1.82. The summed E-state index contributed by atoms with van der Waals surface area (Å²) in [4.78, 5) is 8.47. The fraction of sp³-hybridized carbons (Fsp3) is 0.714. The van der Waals surface area contributed by atoms with Crippen LogP contribution in [0.5, 0.6) is 0 Å². The summed E-state index contributed by atoms with van der Waals surface area (Å²) in [6.07, 6.45) is 9.52. The van der Waals surface area contributed by atoms with Gasteiger partial charge in [0, 0.05) is 25.5 Å². The molecule has 1 aliphatic rings. The highest BCUT2D eigenvalue weighted by atomic mass is 16.3. The van der Waals surface area contributed by atoms with E-state index < -0.39 is 0 Å². The quantitative estimate of drug-likeness (QED) is 0.807. The maximum absolute atomic E-state index is 9.93. The first kappa shape index (κ1) is 13.4. The number of hydrogen-bond donors (Lipinski definition) is 2. The SMILES string of the molecule is Cc1cnc(CNCC(O)CC2CCCC2)cn1. The molecule has 0 saturated heterocycles. The Kier molecular flexibility index (Phi) is 5.08. The molecule has 18 heavy (non-hydrogen) atoms. The fourth-order valence-electron chi connectivity index (χ4n) is 2.59. The summed E-state index contributed by atoms with van der Waals surface area (Å²) in [7, 11) is 0. The number of aryl methyl sites for hydroxylation is 1. The minimum Gasteiger partial charge on any atom is -0.392 e. The molecule has 1 aliphatic carbocycles. The largest absolute Gasteiger partial charge is 0.392 e. The molecule has 0 bridgehead atoms. The number of aromatic nitrogens is 2. The molecule has 1 fully saturated rings. The van der Waals surface area contributed by atoms with E-state index in [9.17, 15) is 5.11 Å². The Bertz CT molecular complexity index is 347. The van der Waals surface area contributed by atoms with Crippen LogP contribution in [0, 0.1) is 12.8 Å². The van der Waals surface area contributed by atoms with E-state index in [1.807, 2.05) is 6.92 Å². The first-order valence-electron chi connectivity index (χ1n) is 6.90. The molecule has 0 aromatic carbocycles. The van der Waals surface area contributed by atoms with E-state index in [1.165, 1.54) is 25.7 Å². The van der Waals surface area contributed by atoms with Gasteiger partial charge in [-0.2, -0.15) is 0 Å². The minimum atomic E-state index is -0.230. The van der Waals surface area contributed by atoms with Crippen molar-refractivity contribution in [3.63, 3.8) is 0 Å². The lowest BCUT2D eigenvalue weighted by Gasteiger charge is -2.15. The number of nitrogens with one attached hydrogen (secondary N) is 1. The first-order valence-corrected chi connectivity index (χ1v) is 6.90. The van der Waals surface area contributed by atoms with Gasteiger partial charge >= 0.3 is 0 Å². The van der Waals surface area contributed by atoms with Gasteiger partial charge in [-0.25, -0.2) is 0 Å². The highest BCUT2D eigenvalue weighted by Gasteiger charge is 2.18. The standard InChI is InChI=1S/C14H23N3O/c1-11-7-17-13(9-16-11)8-15-10-14(18)6-12-4-2-3-5-12/h7,9,12,14-15,18H,2-6,8,10H2,1H3. The summed E-state index contributed by atoms with van der Waals surface area (Å²) in [5.41, 5.74) is 1.86. The summed E-state index contributed by atoms with van der Waals surface area (Å²) < 4.78 is 0. The molecule has 1 atom stereocenters. The molecule has 100 valence electrons. The van der Waals surface area contributed by atoms with Gasteiger partial charge in [-0.15, -0.1) is 0 Å². The summed E-state index contributed by atoms with van der Waals surface area (Å²) in [6.45, 7) is 3.25. The summed E-state index contributed by atoms with van der Waals surface area (Å²) in [5.74, 6) is 0.737. The maximum Gasteiger partial charge on any atom is 0.0724 e. The van der Waals surface area contributed by atoms with Crippen LogP contribution in [0.3, 0.4) is 0 Å². The average molecular weight is 249 g/mol. The van der Waals surface area contributed by atoms with Crippen molar-refractivity contribution in [2.24, 2.45) is 5.92 Å². The van der Waals surface area contributed by atoms with Crippen molar-refractivity contribution in [3.05, 3.63) is 23.8 Å². The molecule has 1 aromatic heterocycles.